The molecule has 7 heteroatoms. The summed E-state index contributed by atoms with van der Waals surface area (Å²) < 4.78 is 36.1. The maximum Gasteiger partial charge on any atom is 0.158 e. The number of anilines is 1. The van der Waals surface area contributed by atoms with Crippen LogP contribution in [0, 0.1) is 11.6 Å². The van der Waals surface area contributed by atoms with E-state index in [1.165, 1.54) is 16.9 Å². The molecule has 0 spiro atoms. The molecule has 1 aromatic carbocycles. The Morgan fingerprint density at radius 3 is 2.86 bits per heavy atom. The van der Waals surface area contributed by atoms with E-state index in [1.54, 1.807) is 0 Å². The summed E-state index contributed by atoms with van der Waals surface area (Å²) in [6.45, 7) is 0.615. The molecule has 1 atom stereocenters. The van der Waals surface area contributed by atoms with Crippen LogP contribution in [-0.4, -0.2) is 16.4 Å². The number of hydrogen-bond donors (Lipinski definition) is 1. The quantitative estimate of drug-likeness (QED) is 0.830. The van der Waals surface area contributed by atoms with Crippen LogP contribution >= 0.6 is 15.9 Å². The monoisotopic (exact) mass is 357 g/mol. The molecule has 112 valence electrons. The van der Waals surface area contributed by atoms with Crippen molar-refractivity contribution in [2.24, 2.45) is 0 Å². The van der Waals surface area contributed by atoms with E-state index in [2.05, 4.69) is 21.0 Å². The Labute approximate surface area is 129 Å². The lowest BCUT2D eigenvalue weighted by molar-refractivity contribution is -0.0384. The van der Waals surface area contributed by atoms with Gasteiger partial charge in [-0.3, -0.25) is 0 Å². The molecule has 1 saturated heterocycles. The number of nitrogen functional groups attached to an aromatic ring is 1. The van der Waals surface area contributed by atoms with Gasteiger partial charge >= 0.3 is 0 Å². The Bertz CT molecular complexity index is 668. The van der Waals surface area contributed by atoms with Crippen molar-refractivity contribution in [3.63, 3.8) is 0 Å². The molecular weight excluding hydrogens is 344 g/mol. The van der Waals surface area contributed by atoms with E-state index in [9.17, 15) is 8.78 Å². The lowest BCUT2D eigenvalue weighted by atomic mass is 10.1. The van der Waals surface area contributed by atoms with Crippen molar-refractivity contribution < 1.29 is 13.5 Å². The molecule has 0 amide bonds. The first-order valence-corrected chi connectivity index (χ1v) is 7.47. The van der Waals surface area contributed by atoms with Gasteiger partial charge in [-0.25, -0.2) is 13.5 Å². The normalized spacial score (nSPS) is 18.9. The van der Waals surface area contributed by atoms with Gasteiger partial charge in [-0.1, -0.05) is 0 Å². The second-order valence-electron chi connectivity index (χ2n) is 4.93. The van der Waals surface area contributed by atoms with Crippen molar-refractivity contribution in [1.29, 1.82) is 0 Å². The minimum atomic E-state index is -0.784. The summed E-state index contributed by atoms with van der Waals surface area (Å²) in [4.78, 5) is 0. The summed E-state index contributed by atoms with van der Waals surface area (Å²) in [5, 5.41) is 4.20. The molecule has 2 aromatic rings. The standard InChI is InChI=1S/C14H14BrF2N3O/c15-8-7-19-20(11-3-1-2-6-21-11)14(8)12-9(16)4-5-10(18)13(12)17/h4-5,7,11H,1-3,6,18H2. The molecule has 0 radical (unpaired) electrons. The average Bonchev–Trinajstić information content (AvgIpc) is 2.87. The number of halogens is 3. The fourth-order valence-electron chi connectivity index (χ4n) is 2.50. The molecular formula is C14H14BrF2N3O. The van der Waals surface area contributed by atoms with Gasteiger partial charge in [0.25, 0.3) is 0 Å². The molecule has 1 aliphatic rings. The predicted octanol–water partition coefficient (Wildman–Crippen LogP) is 3.87. The van der Waals surface area contributed by atoms with Crippen molar-refractivity contribution in [2.45, 2.75) is 25.5 Å². The second kappa shape index (κ2) is 5.73. The van der Waals surface area contributed by atoms with Gasteiger partial charge in [-0.05, 0) is 47.3 Å². The zero-order chi connectivity index (χ0) is 15.0. The number of aromatic nitrogens is 2. The molecule has 1 fully saturated rings. The van der Waals surface area contributed by atoms with Crippen LogP contribution in [0.4, 0.5) is 14.5 Å². The van der Waals surface area contributed by atoms with Crippen molar-refractivity contribution >= 4 is 21.6 Å². The van der Waals surface area contributed by atoms with Gasteiger partial charge in [0, 0.05) is 6.61 Å². The number of nitrogens with two attached hydrogens (primary N) is 1. The molecule has 1 unspecified atom stereocenters. The Morgan fingerprint density at radius 2 is 2.14 bits per heavy atom. The van der Waals surface area contributed by atoms with Crippen LogP contribution in [0.15, 0.2) is 22.8 Å². The molecule has 1 aromatic heterocycles. The van der Waals surface area contributed by atoms with Crippen molar-refractivity contribution in [3.8, 4) is 11.3 Å². The molecule has 2 heterocycles. The third-order valence-corrected chi connectivity index (χ3v) is 4.12. The van der Waals surface area contributed by atoms with Crippen LogP contribution in [0.1, 0.15) is 25.5 Å². The predicted molar refractivity (Wildman–Crippen MR) is 78.5 cm³/mol. The number of hydrogen-bond acceptors (Lipinski definition) is 3. The van der Waals surface area contributed by atoms with Crippen LogP contribution in [0.2, 0.25) is 0 Å². The maximum atomic E-state index is 14.3. The van der Waals surface area contributed by atoms with Gasteiger partial charge in [0.1, 0.15) is 5.82 Å². The van der Waals surface area contributed by atoms with Crippen LogP contribution in [0.5, 0.6) is 0 Å². The highest BCUT2D eigenvalue weighted by Gasteiger charge is 2.26. The van der Waals surface area contributed by atoms with E-state index in [0.717, 1.165) is 25.3 Å². The number of rotatable bonds is 2. The summed E-state index contributed by atoms with van der Waals surface area (Å²) in [6, 6.07) is 2.36. The lowest BCUT2D eigenvalue weighted by Crippen LogP contribution is -2.20. The maximum absolute atomic E-state index is 14.3. The Balaban J connectivity index is 2.15. The Kier molecular flexibility index (Phi) is 3.95. The van der Waals surface area contributed by atoms with Crippen LogP contribution in [0.25, 0.3) is 11.3 Å². The SMILES string of the molecule is Nc1ccc(F)c(-c2c(Br)cnn2C2CCCCO2)c1F. The highest BCUT2D eigenvalue weighted by atomic mass is 79.9. The minimum Gasteiger partial charge on any atom is -0.396 e. The minimum absolute atomic E-state index is 0.101. The van der Waals surface area contributed by atoms with E-state index in [-0.39, 0.29) is 17.5 Å². The number of nitrogens with zero attached hydrogens (tertiary/aromatic N) is 2. The number of benzene rings is 1. The van der Waals surface area contributed by atoms with E-state index in [1.807, 2.05) is 0 Å². The number of ether oxygens (including phenoxy) is 1. The summed E-state index contributed by atoms with van der Waals surface area (Å²) in [5.41, 5.74) is 5.58. The smallest absolute Gasteiger partial charge is 0.158 e. The fourth-order valence-corrected chi connectivity index (χ4v) is 2.97. The highest BCUT2D eigenvalue weighted by molar-refractivity contribution is 9.10. The summed E-state index contributed by atoms with van der Waals surface area (Å²) in [6.07, 6.45) is 3.92. The van der Waals surface area contributed by atoms with Gasteiger partial charge in [-0.15, -0.1) is 0 Å². The first-order chi connectivity index (χ1) is 10.1. The van der Waals surface area contributed by atoms with Gasteiger partial charge in [0.05, 0.1) is 27.6 Å². The molecule has 4 nitrogen and oxygen atoms in total. The van der Waals surface area contributed by atoms with E-state index in [4.69, 9.17) is 10.5 Å². The summed E-state index contributed by atoms with van der Waals surface area (Å²) in [5.74, 6) is -1.46. The second-order valence-corrected chi connectivity index (χ2v) is 5.79. The third kappa shape index (κ3) is 2.55. The summed E-state index contributed by atoms with van der Waals surface area (Å²) in [7, 11) is 0. The van der Waals surface area contributed by atoms with Gasteiger partial charge in [0.2, 0.25) is 0 Å². The lowest BCUT2D eigenvalue weighted by Gasteiger charge is -2.25. The van der Waals surface area contributed by atoms with Crippen LogP contribution < -0.4 is 5.73 Å². The highest BCUT2D eigenvalue weighted by Crippen LogP contribution is 2.37. The average molecular weight is 358 g/mol. The van der Waals surface area contributed by atoms with Crippen molar-refractivity contribution in [1.82, 2.24) is 9.78 Å². The zero-order valence-corrected chi connectivity index (χ0v) is 12.7. The van der Waals surface area contributed by atoms with E-state index < -0.39 is 11.6 Å². The largest absolute Gasteiger partial charge is 0.396 e. The van der Waals surface area contributed by atoms with Gasteiger partial charge in [-0.2, -0.15) is 5.10 Å². The Morgan fingerprint density at radius 1 is 1.33 bits per heavy atom. The molecule has 0 saturated carbocycles. The zero-order valence-electron chi connectivity index (χ0n) is 11.2. The van der Waals surface area contributed by atoms with E-state index in [0.29, 0.717) is 16.8 Å². The summed E-state index contributed by atoms with van der Waals surface area (Å²) >= 11 is 3.30. The molecule has 3 rings (SSSR count). The van der Waals surface area contributed by atoms with Crippen molar-refractivity contribution in [3.05, 3.63) is 34.4 Å². The molecule has 0 aliphatic carbocycles. The first kappa shape index (κ1) is 14.5. The molecule has 2 N–H and O–H groups in total. The molecule has 21 heavy (non-hydrogen) atoms. The van der Waals surface area contributed by atoms with Crippen molar-refractivity contribution in [2.75, 3.05) is 12.3 Å². The fraction of sp³-hybridized carbons (Fsp3) is 0.357. The molecule has 0 bridgehead atoms. The van der Waals surface area contributed by atoms with Gasteiger partial charge < -0.3 is 10.5 Å². The van der Waals surface area contributed by atoms with Crippen LogP contribution in [-0.2, 0) is 4.74 Å². The Hall–Kier alpha value is -1.47. The molecule has 1 aliphatic heterocycles. The van der Waals surface area contributed by atoms with Gasteiger partial charge in [0.15, 0.2) is 12.0 Å². The van der Waals surface area contributed by atoms with Crippen LogP contribution in [0.3, 0.4) is 0 Å². The third-order valence-electron chi connectivity index (χ3n) is 3.54. The van der Waals surface area contributed by atoms with E-state index >= 15 is 0 Å². The topological polar surface area (TPSA) is 53.1 Å². The first-order valence-electron chi connectivity index (χ1n) is 6.68.